The fourth-order valence-electron chi connectivity index (χ4n) is 2.05. The standard InChI is InChI=1S/C12H17N3O4/c1-3-12(19)7-15(8-12)10(17)6-14-5-4-9(16)13(2)11(14)18/h4-5,19H,3,6-8H2,1-2H3. The number of carbonyl (C=O) groups excluding carboxylic acids is 1. The summed E-state index contributed by atoms with van der Waals surface area (Å²) in [6.45, 7) is 2.33. The predicted octanol–water partition coefficient (Wildman–Crippen LogP) is -1.47. The number of aliphatic hydroxyl groups is 1. The van der Waals surface area contributed by atoms with Crippen LogP contribution in [0.5, 0.6) is 0 Å². The SMILES string of the molecule is CCC1(O)CN(C(=O)Cn2ccc(=O)n(C)c2=O)C1. The van der Waals surface area contributed by atoms with Gasteiger partial charge in [0.15, 0.2) is 0 Å². The van der Waals surface area contributed by atoms with Crippen LogP contribution in [-0.2, 0) is 18.4 Å². The molecular formula is C12H17N3O4. The summed E-state index contributed by atoms with van der Waals surface area (Å²) in [4.78, 5) is 36.4. The predicted molar refractivity (Wildman–Crippen MR) is 67.8 cm³/mol. The number of nitrogens with zero attached hydrogens (tertiary/aromatic N) is 3. The van der Waals surface area contributed by atoms with Gasteiger partial charge in [-0.1, -0.05) is 6.92 Å². The highest BCUT2D eigenvalue weighted by molar-refractivity contribution is 5.77. The molecule has 2 heterocycles. The summed E-state index contributed by atoms with van der Waals surface area (Å²) in [6.07, 6.45) is 1.91. The number of amides is 1. The highest BCUT2D eigenvalue weighted by atomic mass is 16.3. The Morgan fingerprint density at radius 2 is 2.05 bits per heavy atom. The molecule has 7 nitrogen and oxygen atoms in total. The van der Waals surface area contributed by atoms with Gasteiger partial charge >= 0.3 is 5.69 Å². The normalized spacial score (nSPS) is 17.1. The van der Waals surface area contributed by atoms with Crippen molar-refractivity contribution in [2.24, 2.45) is 7.05 Å². The molecule has 0 saturated carbocycles. The maximum Gasteiger partial charge on any atom is 0.331 e. The first kappa shape index (κ1) is 13.5. The van der Waals surface area contributed by atoms with Gasteiger partial charge in [-0.2, -0.15) is 0 Å². The van der Waals surface area contributed by atoms with Gasteiger partial charge in [0.2, 0.25) is 5.91 Å². The largest absolute Gasteiger partial charge is 0.386 e. The van der Waals surface area contributed by atoms with Crippen molar-refractivity contribution in [1.29, 1.82) is 0 Å². The van der Waals surface area contributed by atoms with Gasteiger partial charge in [0.05, 0.1) is 18.7 Å². The van der Waals surface area contributed by atoms with Crippen LogP contribution < -0.4 is 11.2 Å². The van der Waals surface area contributed by atoms with E-state index in [1.807, 2.05) is 6.92 Å². The van der Waals surface area contributed by atoms with Gasteiger partial charge < -0.3 is 10.0 Å². The van der Waals surface area contributed by atoms with Crippen LogP contribution in [0.1, 0.15) is 13.3 Å². The molecule has 1 aliphatic rings. The number of hydrogen-bond donors (Lipinski definition) is 1. The summed E-state index contributed by atoms with van der Waals surface area (Å²) in [5, 5.41) is 9.83. The Kier molecular flexibility index (Phi) is 3.32. The fourth-order valence-corrected chi connectivity index (χ4v) is 2.05. The summed E-state index contributed by atoms with van der Waals surface area (Å²) in [7, 11) is 1.37. The molecule has 1 N–H and O–H groups in total. The molecule has 0 aliphatic carbocycles. The maximum atomic E-state index is 11.9. The van der Waals surface area contributed by atoms with Gasteiger partial charge in [-0.25, -0.2) is 4.79 Å². The Bertz CT molecular complexity index is 610. The third kappa shape index (κ3) is 2.46. The van der Waals surface area contributed by atoms with Crippen molar-refractivity contribution in [3.05, 3.63) is 33.1 Å². The van der Waals surface area contributed by atoms with Crippen molar-refractivity contribution in [1.82, 2.24) is 14.0 Å². The van der Waals surface area contributed by atoms with Crippen LogP contribution >= 0.6 is 0 Å². The second-order valence-corrected chi connectivity index (χ2v) is 4.95. The minimum Gasteiger partial charge on any atom is -0.386 e. The zero-order chi connectivity index (χ0) is 14.2. The van der Waals surface area contributed by atoms with Gasteiger partial charge in [0, 0.05) is 19.3 Å². The summed E-state index contributed by atoms with van der Waals surface area (Å²) in [5.74, 6) is -0.237. The first-order valence-corrected chi connectivity index (χ1v) is 6.13. The van der Waals surface area contributed by atoms with Crippen molar-refractivity contribution in [3.8, 4) is 0 Å². The summed E-state index contributed by atoms with van der Waals surface area (Å²) < 4.78 is 2.14. The van der Waals surface area contributed by atoms with E-state index in [1.54, 1.807) is 0 Å². The zero-order valence-electron chi connectivity index (χ0n) is 11.0. The van der Waals surface area contributed by atoms with E-state index < -0.39 is 16.9 Å². The molecule has 1 saturated heterocycles. The average molecular weight is 267 g/mol. The fraction of sp³-hybridized carbons (Fsp3) is 0.583. The van der Waals surface area contributed by atoms with Crippen LogP contribution in [0, 0.1) is 0 Å². The third-order valence-electron chi connectivity index (χ3n) is 3.55. The molecule has 1 fully saturated rings. The molecule has 0 bridgehead atoms. The lowest BCUT2D eigenvalue weighted by Crippen LogP contribution is -2.63. The van der Waals surface area contributed by atoms with Crippen LogP contribution in [0.25, 0.3) is 0 Å². The van der Waals surface area contributed by atoms with Crippen LogP contribution in [0.2, 0.25) is 0 Å². The highest BCUT2D eigenvalue weighted by Gasteiger charge is 2.41. The Hall–Kier alpha value is -1.89. The van der Waals surface area contributed by atoms with Crippen LogP contribution in [0.3, 0.4) is 0 Å². The Balaban J connectivity index is 2.07. The third-order valence-corrected chi connectivity index (χ3v) is 3.55. The summed E-state index contributed by atoms with van der Waals surface area (Å²) >= 11 is 0. The number of rotatable bonds is 3. The van der Waals surface area contributed by atoms with Gasteiger partial charge in [-0.05, 0) is 6.42 Å². The number of likely N-dealkylation sites (tertiary alicyclic amines) is 1. The molecule has 19 heavy (non-hydrogen) atoms. The van der Waals surface area contributed by atoms with Crippen molar-refractivity contribution in [2.45, 2.75) is 25.5 Å². The molecule has 2 rings (SSSR count). The minimum atomic E-state index is -0.788. The molecule has 0 atom stereocenters. The topological polar surface area (TPSA) is 84.5 Å². The first-order chi connectivity index (χ1) is 8.86. The molecule has 104 valence electrons. The number of carbonyl (C=O) groups is 1. The molecule has 1 amide bonds. The lowest BCUT2D eigenvalue weighted by atomic mass is 9.91. The van der Waals surface area contributed by atoms with Gasteiger partial charge in [-0.3, -0.25) is 18.7 Å². The van der Waals surface area contributed by atoms with Crippen molar-refractivity contribution < 1.29 is 9.90 Å². The summed E-state index contributed by atoms with van der Waals surface area (Å²) in [6, 6.07) is 1.24. The molecular weight excluding hydrogens is 250 g/mol. The average Bonchev–Trinajstić information content (AvgIpc) is 2.35. The Morgan fingerprint density at radius 1 is 1.42 bits per heavy atom. The van der Waals surface area contributed by atoms with Crippen molar-refractivity contribution >= 4 is 5.91 Å². The van der Waals surface area contributed by atoms with E-state index in [9.17, 15) is 19.5 Å². The van der Waals surface area contributed by atoms with Crippen LogP contribution in [-0.4, -0.2) is 43.7 Å². The second-order valence-electron chi connectivity index (χ2n) is 4.95. The van der Waals surface area contributed by atoms with E-state index >= 15 is 0 Å². The molecule has 1 aromatic heterocycles. The lowest BCUT2D eigenvalue weighted by Gasteiger charge is -2.46. The number of aromatic nitrogens is 2. The van der Waals surface area contributed by atoms with E-state index in [2.05, 4.69) is 0 Å². The second kappa shape index (κ2) is 4.65. The first-order valence-electron chi connectivity index (χ1n) is 6.13. The molecule has 1 aliphatic heterocycles. The van der Waals surface area contributed by atoms with E-state index in [0.717, 1.165) is 4.57 Å². The molecule has 0 unspecified atom stereocenters. The molecule has 0 radical (unpaired) electrons. The van der Waals surface area contributed by atoms with E-state index in [0.29, 0.717) is 19.5 Å². The van der Waals surface area contributed by atoms with Gasteiger partial charge in [-0.15, -0.1) is 0 Å². The molecule has 7 heteroatoms. The van der Waals surface area contributed by atoms with E-state index in [1.165, 1.54) is 28.8 Å². The maximum absolute atomic E-state index is 11.9. The minimum absolute atomic E-state index is 0.118. The molecule has 0 spiro atoms. The quantitative estimate of drug-likeness (QED) is 0.724. The van der Waals surface area contributed by atoms with E-state index in [4.69, 9.17) is 0 Å². The smallest absolute Gasteiger partial charge is 0.331 e. The molecule has 1 aromatic rings. The highest BCUT2D eigenvalue weighted by Crippen LogP contribution is 2.23. The number of β-amino-alcohol motifs (C(OH)–C–C–N with tert-alkyl or cyclic N) is 1. The Morgan fingerprint density at radius 3 is 2.63 bits per heavy atom. The van der Waals surface area contributed by atoms with Crippen LogP contribution in [0.4, 0.5) is 0 Å². The van der Waals surface area contributed by atoms with Gasteiger partial charge in [0.25, 0.3) is 5.56 Å². The zero-order valence-corrected chi connectivity index (χ0v) is 11.0. The monoisotopic (exact) mass is 267 g/mol. The molecule has 0 aromatic carbocycles. The van der Waals surface area contributed by atoms with Crippen LogP contribution in [0.15, 0.2) is 21.9 Å². The Labute approximate surface area is 109 Å². The lowest BCUT2D eigenvalue weighted by molar-refractivity contribution is -0.156. The van der Waals surface area contributed by atoms with Gasteiger partial charge in [0.1, 0.15) is 6.54 Å². The van der Waals surface area contributed by atoms with Crippen molar-refractivity contribution in [3.63, 3.8) is 0 Å². The van der Waals surface area contributed by atoms with E-state index in [-0.39, 0.29) is 12.5 Å². The summed E-state index contributed by atoms with van der Waals surface area (Å²) in [5.41, 5.74) is -1.71. The number of hydrogen-bond acceptors (Lipinski definition) is 4. The van der Waals surface area contributed by atoms with Crippen molar-refractivity contribution in [2.75, 3.05) is 13.1 Å².